The van der Waals surface area contributed by atoms with Crippen molar-refractivity contribution in [1.82, 2.24) is 24.3 Å². The van der Waals surface area contributed by atoms with E-state index in [2.05, 4.69) is 22.2 Å². The Kier molecular flexibility index (Phi) is 8.02. The molecule has 1 saturated carbocycles. The smallest absolute Gasteiger partial charge is 0.329 e. The van der Waals surface area contributed by atoms with E-state index in [9.17, 15) is 19.2 Å². The first-order valence-corrected chi connectivity index (χ1v) is 14.3. The van der Waals surface area contributed by atoms with Crippen molar-refractivity contribution in [3.05, 3.63) is 34.2 Å². The van der Waals surface area contributed by atoms with Crippen LogP contribution in [-0.4, -0.2) is 69.9 Å². The third kappa shape index (κ3) is 5.58. The monoisotopic (exact) mass is 523 g/mol. The molecule has 3 fully saturated rings. The molecule has 3 amide bonds. The molecule has 0 radical (unpaired) electrons. The minimum Gasteiger partial charge on any atom is -0.342 e. The quantitative estimate of drug-likeness (QED) is 0.563. The van der Waals surface area contributed by atoms with E-state index in [0.29, 0.717) is 18.2 Å². The van der Waals surface area contributed by atoms with Crippen molar-refractivity contribution < 1.29 is 14.4 Å². The third-order valence-electron chi connectivity index (χ3n) is 8.91. The zero-order chi connectivity index (χ0) is 26.8. The van der Waals surface area contributed by atoms with Crippen molar-refractivity contribution in [1.29, 1.82) is 0 Å². The molecule has 0 spiro atoms. The van der Waals surface area contributed by atoms with E-state index in [1.807, 2.05) is 18.2 Å². The number of carbonyl (C=O) groups is 3. The second-order valence-electron chi connectivity index (χ2n) is 11.6. The van der Waals surface area contributed by atoms with Gasteiger partial charge in [-0.15, -0.1) is 0 Å². The third-order valence-corrected chi connectivity index (χ3v) is 8.91. The summed E-state index contributed by atoms with van der Waals surface area (Å²) in [6.45, 7) is 3.72. The summed E-state index contributed by atoms with van der Waals surface area (Å²) in [5.41, 5.74) is 2.43. The summed E-state index contributed by atoms with van der Waals surface area (Å²) >= 11 is 0. The van der Waals surface area contributed by atoms with Crippen LogP contribution in [0.15, 0.2) is 23.0 Å². The fourth-order valence-electron chi connectivity index (χ4n) is 6.59. The van der Waals surface area contributed by atoms with Crippen LogP contribution in [0.5, 0.6) is 0 Å². The average Bonchev–Trinajstić information content (AvgIpc) is 3.17. The molecule has 1 aromatic heterocycles. The number of nitrogens with zero attached hydrogens (tertiary/aromatic N) is 4. The number of amides is 3. The van der Waals surface area contributed by atoms with E-state index in [4.69, 9.17) is 0 Å². The summed E-state index contributed by atoms with van der Waals surface area (Å²) in [7, 11) is 3.89. The minimum atomic E-state index is -0.662. The summed E-state index contributed by atoms with van der Waals surface area (Å²) < 4.78 is 3.12. The average molecular weight is 524 g/mol. The van der Waals surface area contributed by atoms with Crippen LogP contribution < -0.4 is 11.0 Å². The molecule has 2 aliphatic heterocycles. The summed E-state index contributed by atoms with van der Waals surface area (Å²) in [6, 6.07) is 5.34. The number of benzene rings is 1. The lowest BCUT2D eigenvalue weighted by atomic mass is 9.87. The second kappa shape index (κ2) is 11.4. The number of hydrogen-bond donors (Lipinski definition) is 1. The van der Waals surface area contributed by atoms with Gasteiger partial charge in [-0.2, -0.15) is 0 Å². The van der Waals surface area contributed by atoms with Crippen LogP contribution in [0, 0.1) is 11.8 Å². The maximum Gasteiger partial charge on any atom is 0.329 e. The number of aryl methyl sites for hydroxylation is 1. The maximum absolute atomic E-state index is 13.0. The topological polar surface area (TPSA) is 96.7 Å². The summed E-state index contributed by atoms with van der Waals surface area (Å²) in [5, 5.41) is 2.36. The standard InChI is InChI=1S/C29H41N5O4/c1-31(19-21-13-16-33(17-14-21)28(37)22-6-4-3-5-7-22)15-12-20-8-9-23-25(18-20)32(2)29(38)34(23)24-10-11-26(35)30-27(24)36/h8-9,18,21-22,24H,3-7,10-17,19H2,1-2H3,(H,30,35,36). The molecule has 2 aromatic rings. The molecule has 0 bridgehead atoms. The number of hydrogen-bond acceptors (Lipinski definition) is 5. The Balaban J connectivity index is 1.15. The molecule has 1 N–H and O–H groups in total. The van der Waals surface area contributed by atoms with Crippen LogP contribution in [0.1, 0.15) is 69.4 Å². The molecule has 38 heavy (non-hydrogen) atoms. The Morgan fingerprint density at radius 1 is 1.00 bits per heavy atom. The molecule has 1 atom stereocenters. The number of aromatic nitrogens is 2. The first kappa shape index (κ1) is 26.7. The van der Waals surface area contributed by atoms with Crippen LogP contribution in [0.2, 0.25) is 0 Å². The lowest BCUT2D eigenvalue weighted by Crippen LogP contribution is -2.44. The molecular formula is C29H41N5O4. The largest absolute Gasteiger partial charge is 0.342 e. The van der Waals surface area contributed by atoms with Crippen molar-refractivity contribution in [2.75, 3.05) is 33.2 Å². The van der Waals surface area contributed by atoms with Crippen molar-refractivity contribution in [3.8, 4) is 0 Å². The highest BCUT2D eigenvalue weighted by molar-refractivity contribution is 6.00. The molecule has 206 valence electrons. The van der Waals surface area contributed by atoms with Gasteiger partial charge in [0.05, 0.1) is 11.0 Å². The van der Waals surface area contributed by atoms with E-state index >= 15 is 0 Å². The molecular weight excluding hydrogens is 482 g/mol. The van der Waals surface area contributed by atoms with Gasteiger partial charge in [-0.05, 0) is 69.2 Å². The molecule has 1 unspecified atom stereocenters. The lowest BCUT2D eigenvalue weighted by Gasteiger charge is -2.36. The predicted octanol–water partition coefficient (Wildman–Crippen LogP) is 2.61. The maximum atomic E-state index is 13.0. The van der Waals surface area contributed by atoms with Crippen LogP contribution in [0.4, 0.5) is 0 Å². The first-order chi connectivity index (χ1) is 18.3. The molecule has 5 rings (SSSR count). The van der Waals surface area contributed by atoms with Gasteiger partial charge in [-0.3, -0.25) is 28.8 Å². The Hall–Kier alpha value is -2.94. The fraction of sp³-hybridized carbons (Fsp3) is 0.655. The van der Waals surface area contributed by atoms with Gasteiger partial charge < -0.3 is 9.80 Å². The van der Waals surface area contributed by atoms with Gasteiger partial charge >= 0.3 is 5.69 Å². The van der Waals surface area contributed by atoms with Crippen LogP contribution in [0.25, 0.3) is 11.0 Å². The number of nitrogens with one attached hydrogen (secondary N) is 1. The fourth-order valence-corrected chi connectivity index (χ4v) is 6.59. The highest BCUT2D eigenvalue weighted by atomic mass is 16.2. The Morgan fingerprint density at radius 2 is 1.74 bits per heavy atom. The predicted molar refractivity (Wildman–Crippen MR) is 146 cm³/mol. The van der Waals surface area contributed by atoms with Crippen molar-refractivity contribution in [3.63, 3.8) is 0 Å². The van der Waals surface area contributed by atoms with E-state index < -0.39 is 11.9 Å². The highest BCUT2D eigenvalue weighted by Gasteiger charge is 2.32. The van der Waals surface area contributed by atoms with E-state index in [1.54, 1.807) is 11.6 Å². The second-order valence-corrected chi connectivity index (χ2v) is 11.6. The molecule has 3 heterocycles. The lowest BCUT2D eigenvalue weighted by molar-refractivity contribution is -0.138. The summed E-state index contributed by atoms with van der Waals surface area (Å²) in [4.78, 5) is 54.3. The van der Waals surface area contributed by atoms with Crippen molar-refractivity contribution in [2.24, 2.45) is 18.9 Å². The van der Waals surface area contributed by atoms with Crippen LogP contribution >= 0.6 is 0 Å². The number of fused-ring (bicyclic) bond motifs is 1. The number of carbonyl (C=O) groups excluding carboxylic acids is 3. The Bertz CT molecular complexity index is 1250. The number of likely N-dealkylation sites (tertiary alicyclic amines) is 1. The number of imidazole rings is 1. The van der Waals surface area contributed by atoms with Crippen LogP contribution in [-0.2, 0) is 27.9 Å². The molecule has 1 aromatic carbocycles. The first-order valence-electron chi connectivity index (χ1n) is 14.3. The molecule has 2 saturated heterocycles. The summed E-state index contributed by atoms with van der Waals surface area (Å²) in [6.07, 6.45) is 9.41. The van der Waals surface area contributed by atoms with Gasteiger partial charge in [-0.1, -0.05) is 25.3 Å². The zero-order valence-corrected chi connectivity index (χ0v) is 22.8. The Morgan fingerprint density at radius 3 is 2.45 bits per heavy atom. The van der Waals surface area contributed by atoms with Crippen LogP contribution in [0.3, 0.4) is 0 Å². The van der Waals surface area contributed by atoms with Crippen molar-refractivity contribution >= 4 is 28.8 Å². The molecule has 9 heteroatoms. The number of likely N-dealkylation sites (N-methyl/N-ethyl adjacent to an activating group) is 1. The van der Waals surface area contributed by atoms with Gasteiger partial charge in [0.1, 0.15) is 6.04 Å². The van der Waals surface area contributed by atoms with Gasteiger partial charge in [-0.25, -0.2) is 4.79 Å². The van der Waals surface area contributed by atoms with Gasteiger partial charge in [0.25, 0.3) is 0 Å². The van der Waals surface area contributed by atoms with E-state index in [-0.39, 0.29) is 23.9 Å². The Labute approximate surface area is 224 Å². The van der Waals surface area contributed by atoms with E-state index in [1.165, 1.54) is 23.8 Å². The normalized spacial score (nSPS) is 21.9. The van der Waals surface area contributed by atoms with Gasteiger partial charge in [0.15, 0.2) is 0 Å². The number of rotatable bonds is 7. The van der Waals surface area contributed by atoms with Gasteiger partial charge in [0.2, 0.25) is 17.7 Å². The van der Waals surface area contributed by atoms with Gasteiger partial charge in [0, 0.05) is 45.6 Å². The molecule has 3 aliphatic rings. The van der Waals surface area contributed by atoms with E-state index in [0.717, 1.165) is 74.9 Å². The highest BCUT2D eigenvalue weighted by Crippen LogP contribution is 2.28. The number of piperidine rings is 2. The number of imide groups is 1. The zero-order valence-electron chi connectivity index (χ0n) is 22.8. The minimum absolute atomic E-state index is 0.236. The van der Waals surface area contributed by atoms with Crippen molar-refractivity contribution in [2.45, 2.75) is 70.3 Å². The molecule has 9 nitrogen and oxygen atoms in total. The SMILES string of the molecule is CN(CCc1ccc2c(c1)n(C)c(=O)n2C1CCC(=O)NC1=O)CC1CCN(C(=O)C2CCCCC2)CC1. The molecule has 1 aliphatic carbocycles. The summed E-state index contributed by atoms with van der Waals surface area (Å²) in [5.74, 6) is 0.574.